The third kappa shape index (κ3) is 5.78. The van der Waals surface area contributed by atoms with Crippen molar-refractivity contribution in [3.63, 3.8) is 0 Å². The third-order valence-corrected chi connectivity index (χ3v) is 7.79. The van der Waals surface area contributed by atoms with E-state index in [9.17, 15) is 4.79 Å². The molecule has 2 aromatic carbocycles. The lowest BCUT2D eigenvalue weighted by molar-refractivity contribution is 0.0987. The van der Waals surface area contributed by atoms with Crippen LogP contribution in [0.2, 0.25) is 0 Å². The van der Waals surface area contributed by atoms with E-state index in [-0.39, 0.29) is 18.3 Å². The zero-order valence-corrected chi connectivity index (χ0v) is 23.5. The van der Waals surface area contributed by atoms with Crippen molar-refractivity contribution in [2.24, 2.45) is 0 Å². The molecule has 5 rings (SSSR count). The van der Waals surface area contributed by atoms with E-state index in [1.807, 2.05) is 92.0 Å². The van der Waals surface area contributed by atoms with Crippen molar-refractivity contribution in [3.05, 3.63) is 71.6 Å². The fourth-order valence-corrected chi connectivity index (χ4v) is 5.87. The van der Waals surface area contributed by atoms with Gasteiger partial charge in [-0.3, -0.25) is 9.69 Å². The molecule has 0 unspecified atom stereocenters. The van der Waals surface area contributed by atoms with E-state index in [0.29, 0.717) is 23.8 Å². The second-order valence-corrected chi connectivity index (χ2v) is 10.7. The Bertz CT molecular complexity index is 1500. The molecule has 6 nitrogen and oxygen atoms in total. The van der Waals surface area contributed by atoms with Gasteiger partial charge in [-0.25, -0.2) is 9.97 Å². The van der Waals surface area contributed by atoms with Crippen LogP contribution in [0.3, 0.4) is 0 Å². The van der Waals surface area contributed by atoms with E-state index >= 15 is 0 Å². The number of anilines is 1. The van der Waals surface area contributed by atoms with E-state index in [2.05, 4.69) is 4.90 Å². The zero-order chi connectivity index (χ0) is 25.1. The molecule has 5 aromatic rings. The highest BCUT2D eigenvalue weighted by atomic mass is 35.5. The molecule has 0 saturated carbocycles. The molecule has 0 spiro atoms. The van der Waals surface area contributed by atoms with Gasteiger partial charge in [-0.05, 0) is 69.7 Å². The number of fused-ring (bicyclic) bond motifs is 2. The predicted octanol–water partition coefficient (Wildman–Crippen LogP) is 6.99. The molecule has 37 heavy (non-hydrogen) atoms. The number of pyridine rings is 1. The fraction of sp³-hybridized carbons (Fsp3) is 0.250. The van der Waals surface area contributed by atoms with Gasteiger partial charge in [-0.2, -0.15) is 0 Å². The summed E-state index contributed by atoms with van der Waals surface area (Å²) in [4.78, 5) is 29.0. The summed E-state index contributed by atoms with van der Waals surface area (Å²) in [6, 6.07) is 19.7. The SMILES string of the molecule is CCOc1cccc2sc(N(CCCN(C)C)C(=O)c3cc(-c4cccs4)nc4ccccc34)nc12.Cl. The van der Waals surface area contributed by atoms with Crippen molar-refractivity contribution in [2.75, 3.05) is 38.7 Å². The number of hydrogen-bond donors (Lipinski definition) is 0. The van der Waals surface area contributed by atoms with E-state index in [4.69, 9.17) is 14.7 Å². The van der Waals surface area contributed by atoms with Crippen molar-refractivity contribution in [2.45, 2.75) is 13.3 Å². The largest absolute Gasteiger partial charge is 0.492 e. The molecular formula is C28H29ClN4O2S2. The van der Waals surface area contributed by atoms with Gasteiger partial charge in [0.05, 0.1) is 33.0 Å². The number of thiazole rings is 1. The van der Waals surface area contributed by atoms with Crippen LogP contribution in [0.15, 0.2) is 66.0 Å². The minimum atomic E-state index is -0.0674. The first-order chi connectivity index (χ1) is 17.5. The topological polar surface area (TPSA) is 58.6 Å². The third-order valence-electron chi connectivity index (χ3n) is 5.85. The molecule has 0 atom stereocenters. The van der Waals surface area contributed by atoms with Crippen LogP contribution in [0.1, 0.15) is 23.7 Å². The Morgan fingerprint density at radius 3 is 2.59 bits per heavy atom. The monoisotopic (exact) mass is 552 g/mol. The normalized spacial score (nSPS) is 11.1. The molecule has 9 heteroatoms. The van der Waals surface area contributed by atoms with Gasteiger partial charge >= 0.3 is 0 Å². The maximum absolute atomic E-state index is 14.3. The highest BCUT2D eigenvalue weighted by Gasteiger charge is 2.25. The lowest BCUT2D eigenvalue weighted by Gasteiger charge is -2.22. The van der Waals surface area contributed by atoms with Crippen molar-refractivity contribution in [1.29, 1.82) is 0 Å². The van der Waals surface area contributed by atoms with Crippen LogP contribution < -0.4 is 9.64 Å². The summed E-state index contributed by atoms with van der Waals surface area (Å²) >= 11 is 3.14. The van der Waals surface area contributed by atoms with Crippen LogP contribution in [-0.4, -0.2) is 54.6 Å². The summed E-state index contributed by atoms with van der Waals surface area (Å²) in [5.41, 5.74) is 3.05. The summed E-state index contributed by atoms with van der Waals surface area (Å²) < 4.78 is 6.81. The molecule has 0 radical (unpaired) electrons. The van der Waals surface area contributed by atoms with Crippen LogP contribution in [0.25, 0.3) is 31.7 Å². The van der Waals surface area contributed by atoms with Gasteiger partial charge in [-0.1, -0.05) is 41.7 Å². The van der Waals surface area contributed by atoms with Crippen molar-refractivity contribution in [1.82, 2.24) is 14.9 Å². The maximum atomic E-state index is 14.3. The Kier molecular flexibility index (Phi) is 8.76. The lowest BCUT2D eigenvalue weighted by atomic mass is 10.1. The van der Waals surface area contributed by atoms with Gasteiger partial charge in [0.25, 0.3) is 5.91 Å². The molecule has 0 fully saturated rings. The molecule has 0 saturated heterocycles. The van der Waals surface area contributed by atoms with Gasteiger partial charge in [0.2, 0.25) is 0 Å². The molecule has 192 valence electrons. The Morgan fingerprint density at radius 1 is 1.00 bits per heavy atom. The van der Waals surface area contributed by atoms with E-state index in [0.717, 1.165) is 50.4 Å². The minimum absolute atomic E-state index is 0. The van der Waals surface area contributed by atoms with Gasteiger partial charge < -0.3 is 9.64 Å². The molecule has 0 bridgehead atoms. The van der Waals surface area contributed by atoms with Crippen molar-refractivity contribution in [3.8, 4) is 16.3 Å². The number of hydrogen-bond acceptors (Lipinski definition) is 7. The first-order valence-corrected chi connectivity index (χ1v) is 13.7. The molecule has 0 aliphatic rings. The Labute approximate surface area is 230 Å². The van der Waals surface area contributed by atoms with Crippen molar-refractivity contribution >= 4 is 67.2 Å². The molecule has 0 aliphatic carbocycles. The van der Waals surface area contributed by atoms with E-state index in [1.54, 1.807) is 11.3 Å². The van der Waals surface area contributed by atoms with Crippen LogP contribution in [0.5, 0.6) is 5.75 Å². The Hall–Kier alpha value is -3.04. The molecule has 0 aliphatic heterocycles. The maximum Gasteiger partial charge on any atom is 0.260 e. The highest BCUT2D eigenvalue weighted by molar-refractivity contribution is 7.22. The lowest BCUT2D eigenvalue weighted by Crippen LogP contribution is -2.33. The first kappa shape index (κ1) is 27.0. The number of aromatic nitrogens is 2. The van der Waals surface area contributed by atoms with Gasteiger partial charge in [0, 0.05) is 11.9 Å². The number of thiophene rings is 1. The molecule has 3 aromatic heterocycles. The quantitative estimate of drug-likeness (QED) is 0.197. The minimum Gasteiger partial charge on any atom is -0.492 e. The van der Waals surface area contributed by atoms with E-state index < -0.39 is 0 Å². The molecule has 1 amide bonds. The fourth-order valence-electron chi connectivity index (χ4n) is 4.18. The van der Waals surface area contributed by atoms with E-state index in [1.165, 1.54) is 11.3 Å². The standard InChI is InChI=1S/C28H28N4O2S2.ClH/c1-4-34-23-12-7-13-25-26(23)30-28(36-25)32(16-9-15-31(2)3)27(33)20-18-22(24-14-8-17-35-24)29-21-11-6-5-10-19(20)21;/h5-8,10-14,17-18H,4,9,15-16H2,1-3H3;1H. The summed E-state index contributed by atoms with van der Waals surface area (Å²) in [5.74, 6) is 0.676. The summed E-state index contributed by atoms with van der Waals surface area (Å²) in [5, 5.41) is 3.55. The number of halogens is 1. The molecule has 0 N–H and O–H groups in total. The average molecular weight is 553 g/mol. The number of ether oxygens (including phenoxy) is 1. The number of para-hydroxylation sites is 2. The Balaban J connectivity index is 0.00000320. The number of rotatable bonds is 9. The predicted molar refractivity (Wildman–Crippen MR) is 158 cm³/mol. The number of amides is 1. The smallest absolute Gasteiger partial charge is 0.260 e. The highest BCUT2D eigenvalue weighted by Crippen LogP contribution is 2.36. The first-order valence-electron chi connectivity index (χ1n) is 12.0. The van der Waals surface area contributed by atoms with Crippen LogP contribution in [0.4, 0.5) is 5.13 Å². The number of carbonyl (C=O) groups excluding carboxylic acids is 1. The van der Waals surface area contributed by atoms with Crippen LogP contribution in [-0.2, 0) is 0 Å². The summed E-state index contributed by atoms with van der Waals surface area (Å²) in [6.45, 7) is 3.96. The van der Waals surface area contributed by atoms with Crippen LogP contribution >= 0.6 is 35.1 Å². The average Bonchev–Trinajstić information content (AvgIpc) is 3.56. The second kappa shape index (κ2) is 12.0. The van der Waals surface area contributed by atoms with Crippen LogP contribution in [0, 0.1) is 0 Å². The summed E-state index contributed by atoms with van der Waals surface area (Å²) in [6.07, 6.45) is 0.827. The number of nitrogens with zero attached hydrogens (tertiary/aromatic N) is 4. The molecule has 3 heterocycles. The summed E-state index contributed by atoms with van der Waals surface area (Å²) in [7, 11) is 4.09. The van der Waals surface area contributed by atoms with Gasteiger partial charge in [-0.15, -0.1) is 23.7 Å². The number of carbonyl (C=O) groups is 1. The Morgan fingerprint density at radius 2 is 1.84 bits per heavy atom. The van der Waals surface area contributed by atoms with Crippen molar-refractivity contribution < 1.29 is 9.53 Å². The second-order valence-electron chi connectivity index (χ2n) is 8.70. The van der Waals surface area contributed by atoms with Gasteiger partial charge in [0.1, 0.15) is 11.3 Å². The van der Waals surface area contributed by atoms with Gasteiger partial charge in [0.15, 0.2) is 5.13 Å². The zero-order valence-electron chi connectivity index (χ0n) is 21.0. The number of benzene rings is 2. The molecular weight excluding hydrogens is 524 g/mol.